The summed E-state index contributed by atoms with van der Waals surface area (Å²) in [6.07, 6.45) is 15.2. The lowest BCUT2D eigenvalue weighted by Gasteiger charge is -2.40. The molecule has 3 aliphatic rings. The Morgan fingerprint density at radius 3 is 2.93 bits per heavy atom. The first kappa shape index (κ1) is 19.7. The highest BCUT2D eigenvalue weighted by Crippen LogP contribution is 2.32. The second kappa shape index (κ2) is 9.77. The number of hydrogen-bond donors (Lipinski definition) is 1. The van der Waals surface area contributed by atoms with Crippen LogP contribution in [0.1, 0.15) is 71.1 Å². The average Bonchev–Trinajstić information content (AvgIpc) is 3.16. The van der Waals surface area contributed by atoms with Crippen LogP contribution in [-0.4, -0.2) is 53.8 Å². The Hall–Kier alpha value is -1.56. The molecule has 0 aromatic carbocycles. The zero-order chi connectivity index (χ0) is 19.2. The molecule has 1 atom stereocenters. The van der Waals surface area contributed by atoms with Gasteiger partial charge in [0.15, 0.2) is 5.82 Å². The Morgan fingerprint density at radius 2 is 2.07 bits per heavy atom. The predicted molar refractivity (Wildman–Crippen MR) is 114 cm³/mol. The molecule has 3 heterocycles. The first-order valence-corrected chi connectivity index (χ1v) is 11.6. The predicted octanol–water partition coefficient (Wildman–Crippen LogP) is 4.28. The van der Waals surface area contributed by atoms with Gasteiger partial charge in [0.05, 0.1) is 25.2 Å². The van der Waals surface area contributed by atoms with Crippen LogP contribution in [0.15, 0.2) is 6.20 Å². The number of hydrogen-bond acceptors (Lipinski definition) is 6. The molecule has 1 saturated carbocycles. The highest BCUT2D eigenvalue weighted by atomic mass is 16.5. The van der Waals surface area contributed by atoms with Crippen LogP contribution in [0.3, 0.4) is 0 Å². The molecular weight excluding hydrogens is 350 g/mol. The van der Waals surface area contributed by atoms with E-state index in [1.54, 1.807) is 0 Å². The molecule has 1 aromatic heterocycles. The summed E-state index contributed by atoms with van der Waals surface area (Å²) in [5, 5.41) is 3.43. The summed E-state index contributed by atoms with van der Waals surface area (Å²) >= 11 is 0. The smallest absolute Gasteiger partial charge is 0.318 e. The zero-order valence-electron chi connectivity index (χ0n) is 17.5. The van der Waals surface area contributed by atoms with Crippen LogP contribution >= 0.6 is 0 Å². The van der Waals surface area contributed by atoms with E-state index in [1.165, 1.54) is 64.5 Å². The van der Waals surface area contributed by atoms with Gasteiger partial charge in [-0.1, -0.05) is 32.6 Å². The van der Waals surface area contributed by atoms with E-state index < -0.39 is 0 Å². The van der Waals surface area contributed by atoms with Crippen molar-refractivity contribution < 1.29 is 4.74 Å². The SMILES string of the molecule is CCCCOc1ncc2c(n1)N(CCC1CCCN(C3CCCCC3)C1)CN2. The lowest BCUT2D eigenvalue weighted by molar-refractivity contribution is 0.0961. The fourth-order valence-corrected chi connectivity index (χ4v) is 4.99. The second-order valence-electron chi connectivity index (χ2n) is 8.77. The highest BCUT2D eigenvalue weighted by molar-refractivity contribution is 5.69. The van der Waals surface area contributed by atoms with E-state index in [0.29, 0.717) is 12.6 Å². The number of likely N-dealkylation sites (tertiary alicyclic amines) is 1. The van der Waals surface area contributed by atoms with Gasteiger partial charge in [0.25, 0.3) is 0 Å². The third kappa shape index (κ3) is 4.88. The van der Waals surface area contributed by atoms with E-state index in [0.717, 1.165) is 49.5 Å². The van der Waals surface area contributed by atoms with E-state index in [-0.39, 0.29) is 0 Å². The quantitative estimate of drug-likeness (QED) is 0.672. The standard InChI is InChI=1S/C22H37N5O/c1-2-3-14-28-22-23-15-20-21(25-22)27(17-24-20)13-11-18-8-7-12-26(16-18)19-9-5-4-6-10-19/h15,18-19,24H,2-14,16-17H2,1H3. The van der Waals surface area contributed by atoms with Crippen molar-refractivity contribution in [3.05, 3.63) is 6.20 Å². The van der Waals surface area contributed by atoms with Crippen molar-refractivity contribution in [3.63, 3.8) is 0 Å². The molecule has 1 saturated heterocycles. The summed E-state index contributed by atoms with van der Waals surface area (Å²) < 4.78 is 5.71. The van der Waals surface area contributed by atoms with Crippen molar-refractivity contribution in [1.29, 1.82) is 0 Å². The molecule has 0 amide bonds. The summed E-state index contributed by atoms with van der Waals surface area (Å²) in [6.45, 7) is 7.38. The summed E-state index contributed by atoms with van der Waals surface area (Å²) in [5.74, 6) is 1.84. The zero-order valence-corrected chi connectivity index (χ0v) is 17.5. The lowest BCUT2D eigenvalue weighted by atomic mass is 9.89. The van der Waals surface area contributed by atoms with Gasteiger partial charge in [-0.25, -0.2) is 4.98 Å². The van der Waals surface area contributed by atoms with Crippen LogP contribution in [0.4, 0.5) is 11.5 Å². The molecular formula is C22H37N5O. The Labute approximate surface area is 170 Å². The number of aromatic nitrogens is 2. The molecule has 1 unspecified atom stereocenters. The Morgan fingerprint density at radius 1 is 1.18 bits per heavy atom. The first-order valence-electron chi connectivity index (χ1n) is 11.6. The van der Waals surface area contributed by atoms with Crippen molar-refractivity contribution >= 4 is 11.5 Å². The van der Waals surface area contributed by atoms with Crippen molar-refractivity contribution in [2.75, 3.05) is 43.1 Å². The molecule has 6 heteroatoms. The minimum absolute atomic E-state index is 0.516. The fraction of sp³-hybridized carbons (Fsp3) is 0.818. The van der Waals surface area contributed by atoms with Gasteiger partial charge in [-0.15, -0.1) is 0 Å². The fourth-order valence-electron chi connectivity index (χ4n) is 4.99. The maximum Gasteiger partial charge on any atom is 0.318 e. The van der Waals surface area contributed by atoms with Crippen molar-refractivity contribution in [3.8, 4) is 6.01 Å². The third-order valence-electron chi connectivity index (χ3n) is 6.68. The monoisotopic (exact) mass is 387 g/mol. The molecule has 0 spiro atoms. The molecule has 6 nitrogen and oxygen atoms in total. The number of piperidine rings is 1. The van der Waals surface area contributed by atoms with Gasteiger partial charge in [-0.3, -0.25) is 0 Å². The van der Waals surface area contributed by atoms with Crippen LogP contribution in [0, 0.1) is 5.92 Å². The van der Waals surface area contributed by atoms with Gasteiger partial charge in [0.2, 0.25) is 0 Å². The van der Waals surface area contributed by atoms with Gasteiger partial charge in [0.1, 0.15) is 0 Å². The van der Waals surface area contributed by atoms with E-state index in [4.69, 9.17) is 4.74 Å². The summed E-state index contributed by atoms with van der Waals surface area (Å²) in [4.78, 5) is 14.2. The van der Waals surface area contributed by atoms with Crippen LogP contribution in [0.25, 0.3) is 0 Å². The minimum Gasteiger partial charge on any atom is -0.463 e. The van der Waals surface area contributed by atoms with Crippen LogP contribution in [0.2, 0.25) is 0 Å². The number of nitrogens with one attached hydrogen (secondary N) is 1. The summed E-state index contributed by atoms with van der Waals surface area (Å²) in [6, 6.07) is 1.38. The average molecular weight is 388 g/mol. The number of ether oxygens (including phenoxy) is 1. The molecule has 0 radical (unpaired) electrons. The third-order valence-corrected chi connectivity index (χ3v) is 6.68. The van der Waals surface area contributed by atoms with Gasteiger partial charge in [-0.2, -0.15) is 4.98 Å². The van der Waals surface area contributed by atoms with Gasteiger partial charge in [0, 0.05) is 19.1 Å². The number of rotatable bonds is 8. The highest BCUT2D eigenvalue weighted by Gasteiger charge is 2.28. The molecule has 4 rings (SSSR count). The van der Waals surface area contributed by atoms with Crippen molar-refractivity contribution in [2.45, 2.75) is 77.2 Å². The number of anilines is 2. The maximum atomic E-state index is 5.71. The summed E-state index contributed by atoms with van der Waals surface area (Å²) in [5.41, 5.74) is 1.04. The molecule has 2 aliphatic heterocycles. The Balaban J connectivity index is 1.29. The topological polar surface area (TPSA) is 53.5 Å². The molecule has 1 N–H and O–H groups in total. The van der Waals surface area contributed by atoms with Crippen molar-refractivity contribution in [2.24, 2.45) is 5.92 Å². The number of nitrogens with zero attached hydrogens (tertiary/aromatic N) is 4. The maximum absolute atomic E-state index is 5.71. The first-order chi connectivity index (χ1) is 13.8. The van der Waals surface area contributed by atoms with Gasteiger partial charge in [-0.05, 0) is 51.0 Å². The van der Waals surface area contributed by atoms with Crippen LogP contribution in [-0.2, 0) is 0 Å². The minimum atomic E-state index is 0.516. The van der Waals surface area contributed by atoms with E-state index in [2.05, 4.69) is 32.0 Å². The molecule has 1 aliphatic carbocycles. The van der Waals surface area contributed by atoms with Gasteiger partial charge >= 0.3 is 6.01 Å². The number of fused-ring (bicyclic) bond motifs is 1. The molecule has 2 fully saturated rings. The van der Waals surface area contributed by atoms with E-state index >= 15 is 0 Å². The summed E-state index contributed by atoms with van der Waals surface area (Å²) in [7, 11) is 0. The largest absolute Gasteiger partial charge is 0.463 e. The molecule has 28 heavy (non-hydrogen) atoms. The molecule has 156 valence electrons. The normalized spacial score (nSPS) is 23.5. The lowest BCUT2D eigenvalue weighted by Crippen LogP contribution is -2.44. The molecule has 1 aromatic rings. The Bertz CT molecular complexity index is 619. The van der Waals surface area contributed by atoms with Crippen LogP contribution in [0.5, 0.6) is 6.01 Å². The number of unbranched alkanes of at least 4 members (excludes halogenated alkanes) is 1. The second-order valence-corrected chi connectivity index (χ2v) is 8.77. The Kier molecular flexibility index (Phi) is 6.89. The van der Waals surface area contributed by atoms with Gasteiger partial charge < -0.3 is 19.9 Å². The van der Waals surface area contributed by atoms with Crippen molar-refractivity contribution in [1.82, 2.24) is 14.9 Å². The van der Waals surface area contributed by atoms with E-state index in [1.807, 2.05) is 6.20 Å². The van der Waals surface area contributed by atoms with Crippen LogP contribution < -0.4 is 15.0 Å². The molecule has 0 bridgehead atoms. The van der Waals surface area contributed by atoms with E-state index in [9.17, 15) is 0 Å².